The summed E-state index contributed by atoms with van der Waals surface area (Å²) in [6.07, 6.45) is 6.32. The van der Waals surface area contributed by atoms with E-state index in [4.69, 9.17) is 5.73 Å². The Balaban J connectivity index is 2.29. The molecule has 0 amide bonds. The van der Waals surface area contributed by atoms with Gasteiger partial charge in [-0.3, -0.25) is 0 Å². The van der Waals surface area contributed by atoms with Gasteiger partial charge in [-0.15, -0.1) is 0 Å². The first kappa shape index (κ1) is 12.5. The molecule has 1 saturated heterocycles. The van der Waals surface area contributed by atoms with Gasteiger partial charge >= 0.3 is 0 Å². The van der Waals surface area contributed by atoms with Gasteiger partial charge in [-0.05, 0) is 39.7 Å². The quantitative estimate of drug-likeness (QED) is 0.730. The number of hydrogen-bond acceptors (Lipinski definition) is 3. The fourth-order valence-electron chi connectivity index (χ4n) is 2.90. The topological polar surface area (TPSA) is 49.5 Å². The molecule has 2 atom stereocenters. The predicted molar refractivity (Wildman–Crippen MR) is 70.1 cm³/mol. The van der Waals surface area contributed by atoms with E-state index in [9.17, 15) is 5.11 Å². The molecule has 2 rings (SSSR count). The lowest BCUT2D eigenvalue weighted by Crippen LogP contribution is -2.49. The molecule has 1 aliphatic heterocycles. The Morgan fingerprint density at radius 3 is 2.76 bits per heavy atom. The van der Waals surface area contributed by atoms with Gasteiger partial charge in [0.25, 0.3) is 0 Å². The second kappa shape index (κ2) is 4.37. The standard InChI is InChI=1S/C14H24N2O/c1-14(2,3)16-8-10(9-17)6-11-4-5-12(15)7-13(11)16/h5,7,10-11,17H,4,6,8-9,15H2,1-3H3. The zero-order valence-electron chi connectivity index (χ0n) is 11.1. The monoisotopic (exact) mass is 236 g/mol. The Kier molecular flexibility index (Phi) is 3.21. The smallest absolute Gasteiger partial charge is 0.0476 e. The molecule has 1 fully saturated rings. The molecular weight excluding hydrogens is 212 g/mol. The van der Waals surface area contributed by atoms with Gasteiger partial charge in [0, 0.05) is 41.9 Å². The molecule has 2 aliphatic rings. The van der Waals surface area contributed by atoms with Crippen molar-refractivity contribution in [2.75, 3.05) is 13.2 Å². The molecule has 0 bridgehead atoms. The molecule has 3 heteroatoms. The summed E-state index contributed by atoms with van der Waals surface area (Å²) in [5.74, 6) is 0.927. The summed E-state index contributed by atoms with van der Waals surface area (Å²) in [6, 6.07) is 0. The normalized spacial score (nSPS) is 29.5. The second-order valence-corrected chi connectivity index (χ2v) is 6.27. The number of piperidine rings is 1. The maximum Gasteiger partial charge on any atom is 0.0476 e. The van der Waals surface area contributed by atoms with Gasteiger partial charge in [0.05, 0.1) is 0 Å². The van der Waals surface area contributed by atoms with E-state index in [2.05, 4.69) is 37.8 Å². The first-order chi connectivity index (χ1) is 7.91. The average Bonchev–Trinajstić information content (AvgIpc) is 2.26. The molecule has 17 heavy (non-hydrogen) atoms. The van der Waals surface area contributed by atoms with Crippen LogP contribution in [-0.4, -0.2) is 28.7 Å². The van der Waals surface area contributed by atoms with Crippen molar-refractivity contribution in [1.29, 1.82) is 0 Å². The number of aliphatic hydroxyl groups excluding tert-OH is 1. The highest BCUT2D eigenvalue weighted by Gasteiger charge is 2.36. The largest absolute Gasteiger partial charge is 0.399 e. The van der Waals surface area contributed by atoms with E-state index in [0.717, 1.165) is 25.1 Å². The molecule has 0 saturated carbocycles. The molecule has 1 heterocycles. The van der Waals surface area contributed by atoms with Crippen molar-refractivity contribution in [3.63, 3.8) is 0 Å². The van der Waals surface area contributed by atoms with Crippen molar-refractivity contribution in [3.05, 3.63) is 23.5 Å². The molecule has 0 aromatic carbocycles. The van der Waals surface area contributed by atoms with Crippen LogP contribution in [0.15, 0.2) is 23.5 Å². The van der Waals surface area contributed by atoms with Crippen molar-refractivity contribution in [1.82, 2.24) is 4.90 Å². The molecule has 1 aliphatic carbocycles. The van der Waals surface area contributed by atoms with Crippen LogP contribution >= 0.6 is 0 Å². The van der Waals surface area contributed by atoms with Crippen LogP contribution in [0.1, 0.15) is 33.6 Å². The zero-order valence-corrected chi connectivity index (χ0v) is 11.1. The van der Waals surface area contributed by atoms with E-state index in [-0.39, 0.29) is 12.1 Å². The molecule has 96 valence electrons. The minimum absolute atomic E-state index is 0.0928. The van der Waals surface area contributed by atoms with Crippen LogP contribution in [0.25, 0.3) is 0 Å². The number of fused-ring (bicyclic) bond motifs is 1. The minimum Gasteiger partial charge on any atom is -0.399 e. The van der Waals surface area contributed by atoms with Crippen LogP contribution in [0, 0.1) is 11.8 Å². The fourth-order valence-corrected chi connectivity index (χ4v) is 2.90. The number of likely N-dealkylation sites (tertiary alicyclic amines) is 1. The molecule has 2 unspecified atom stereocenters. The van der Waals surface area contributed by atoms with Crippen molar-refractivity contribution in [3.8, 4) is 0 Å². The van der Waals surface area contributed by atoms with Crippen molar-refractivity contribution >= 4 is 0 Å². The van der Waals surface area contributed by atoms with Gasteiger partial charge in [-0.25, -0.2) is 0 Å². The number of nitrogens with two attached hydrogens (primary N) is 1. The molecule has 0 spiro atoms. The fraction of sp³-hybridized carbons (Fsp3) is 0.714. The summed E-state index contributed by atoms with van der Waals surface area (Å²) in [5.41, 5.74) is 8.26. The third-order valence-electron chi connectivity index (χ3n) is 3.81. The molecule has 3 nitrogen and oxygen atoms in total. The number of aliphatic hydroxyl groups is 1. The predicted octanol–water partition coefficient (Wildman–Crippen LogP) is 1.85. The summed E-state index contributed by atoms with van der Waals surface area (Å²) in [7, 11) is 0. The van der Waals surface area contributed by atoms with Crippen LogP contribution in [-0.2, 0) is 0 Å². The number of allylic oxidation sites excluding steroid dienone is 3. The lowest BCUT2D eigenvalue weighted by molar-refractivity contribution is 0.0664. The van der Waals surface area contributed by atoms with E-state index < -0.39 is 0 Å². The van der Waals surface area contributed by atoms with E-state index >= 15 is 0 Å². The van der Waals surface area contributed by atoms with E-state index in [1.54, 1.807) is 0 Å². The first-order valence-corrected chi connectivity index (χ1v) is 6.47. The van der Waals surface area contributed by atoms with E-state index in [0.29, 0.717) is 11.8 Å². The number of hydrogen-bond donors (Lipinski definition) is 2. The summed E-state index contributed by atoms with van der Waals surface area (Å²) < 4.78 is 0. The lowest BCUT2D eigenvalue weighted by Gasteiger charge is -2.49. The Morgan fingerprint density at radius 1 is 1.47 bits per heavy atom. The van der Waals surface area contributed by atoms with Gasteiger partial charge in [-0.2, -0.15) is 0 Å². The van der Waals surface area contributed by atoms with Crippen molar-refractivity contribution in [2.24, 2.45) is 17.6 Å². The Labute approximate surface area is 104 Å². The summed E-state index contributed by atoms with van der Waals surface area (Å²) in [5, 5.41) is 9.43. The minimum atomic E-state index is 0.0928. The molecule has 0 aromatic rings. The summed E-state index contributed by atoms with van der Waals surface area (Å²) in [4.78, 5) is 2.42. The summed E-state index contributed by atoms with van der Waals surface area (Å²) in [6.45, 7) is 7.89. The third kappa shape index (κ3) is 2.49. The van der Waals surface area contributed by atoms with Crippen LogP contribution in [0.3, 0.4) is 0 Å². The van der Waals surface area contributed by atoms with E-state index in [1.807, 2.05) is 0 Å². The maximum absolute atomic E-state index is 9.43. The van der Waals surface area contributed by atoms with Crippen molar-refractivity contribution in [2.45, 2.75) is 39.2 Å². The molecule has 0 radical (unpaired) electrons. The van der Waals surface area contributed by atoms with Gasteiger partial charge in [-0.1, -0.05) is 6.08 Å². The zero-order chi connectivity index (χ0) is 12.6. The lowest BCUT2D eigenvalue weighted by atomic mass is 9.80. The van der Waals surface area contributed by atoms with Gasteiger partial charge in [0.15, 0.2) is 0 Å². The Morgan fingerprint density at radius 2 is 2.18 bits per heavy atom. The Hall–Kier alpha value is -0.960. The van der Waals surface area contributed by atoms with Crippen LogP contribution in [0.5, 0.6) is 0 Å². The van der Waals surface area contributed by atoms with Gasteiger partial charge < -0.3 is 15.7 Å². The second-order valence-electron chi connectivity index (χ2n) is 6.27. The molecule has 0 aromatic heterocycles. The number of nitrogens with zero attached hydrogens (tertiary/aromatic N) is 1. The maximum atomic E-state index is 9.43. The van der Waals surface area contributed by atoms with Crippen LogP contribution in [0.4, 0.5) is 0 Å². The number of rotatable bonds is 1. The SMILES string of the molecule is CC(C)(C)N1CC(CO)CC2CC=C(N)C=C21. The van der Waals surface area contributed by atoms with Crippen LogP contribution < -0.4 is 5.73 Å². The summed E-state index contributed by atoms with van der Waals surface area (Å²) >= 11 is 0. The van der Waals surface area contributed by atoms with Crippen LogP contribution in [0.2, 0.25) is 0 Å². The highest BCUT2D eigenvalue weighted by Crippen LogP contribution is 2.39. The van der Waals surface area contributed by atoms with Gasteiger partial charge in [0.2, 0.25) is 0 Å². The Bertz CT molecular complexity index is 352. The molecular formula is C14H24N2O. The van der Waals surface area contributed by atoms with E-state index in [1.165, 1.54) is 5.70 Å². The highest BCUT2D eigenvalue weighted by molar-refractivity contribution is 5.29. The first-order valence-electron chi connectivity index (χ1n) is 6.47. The highest BCUT2D eigenvalue weighted by atomic mass is 16.3. The molecule has 3 N–H and O–H groups in total. The van der Waals surface area contributed by atoms with Crippen molar-refractivity contribution < 1.29 is 5.11 Å². The average molecular weight is 236 g/mol. The third-order valence-corrected chi connectivity index (χ3v) is 3.81. The van der Waals surface area contributed by atoms with Gasteiger partial charge in [0.1, 0.15) is 0 Å².